The molecule has 0 aliphatic heterocycles. The van der Waals surface area contributed by atoms with Crippen LogP contribution in [0, 0.1) is 6.92 Å². The van der Waals surface area contributed by atoms with E-state index < -0.39 is 11.2 Å². The summed E-state index contributed by atoms with van der Waals surface area (Å²) in [4.78, 5) is 30.7. The van der Waals surface area contributed by atoms with Crippen molar-refractivity contribution in [3.63, 3.8) is 0 Å². The first-order valence-corrected chi connectivity index (χ1v) is 7.09. The summed E-state index contributed by atoms with van der Waals surface area (Å²) < 4.78 is 4.94. The molecule has 24 heavy (non-hydrogen) atoms. The molecular formula is C16H14N4O4. The molecule has 0 fully saturated rings. The van der Waals surface area contributed by atoms with E-state index in [1.54, 1.807) is 31.2 Å². The maximum Gasteiger partial charge on any atom is 0.348 e. The molecule has 0 spiro atoms. The fourth-order valence-electron chi connectivity index (χ4n) is 2.23. The summed E-state index contributed by atoms with van der Waals surface area (Å²) in [5.74, 6) is 0.0193. The molecule has 0 aliphatic carbocycles. The van der Waals surface area contributed by atoms with E-state index in [0.717, 1.165) is 0 Å². The minimum absolute atomic E-state index is 0.0240. The Morgan fingerprint density at radius 3 is 2.83 bits per heavy atom. The Balaban J connectivity index is 1.98. The molecule has 8 heteroatoms. The van der Waals surface area contributed by atoms with Gasteiger partial charge in [-0.2, -0.15) is 5.10 Å². The van der Waals surface area contributed by atoms with Crippen molar-refractivity contribution in [2.75, 3.05) is 5.43 Å². The number of aryl methyl sites for hydroxylation is 1. The molecule has 3 rings (SSSR count). The number of aromatic hydroxyl groups is 1. The molecule has 2 heterocycles. The summed E-state index contributed by atoms with van der Waals surface area (Å²) in [5.41, 5.74) is 2.62. The SMILES string of the molecule is C/C(=N\Nc1nc2ccccc2[nH]c1=O)c1c(O)cc(C)oc1=O. The number of hydrogen-bond donors (Lipinski definition) is 3. The molecule has 0 radical (unpaired) electrons. The van der Waals surface area contributed by atoms with Crippen LogP contribution in [0.15, 0.2) is 49.4 Å². The third-order valence-corrected chi connectivity index (χ3v) is 3.34. The predicted molar refractivity (Wildman–Crippen MR) is 89.6 cm³/mol. The third-order valence-electron chi connectivity index (χ3n) is 3.34. The molecule has 0 unspecified atom stereocenters. The summed E-state index contributed by atoms with van der Waals surface area (Å²) in [6.07, 6.45) is 0. The maximum absolute atomic E-state index is 12.0. The van der Waals surface area contributed by atoms with Crippen LogP contribution in [0.4, 0.5) is 5.82 Å². The van der Waals surface area contributed by atoms with Crippen LogP contribution >= 0.6 is 0 Å². The zero-order valence-electron chi connectivity index (χ0n) is 13.0. The van der Waals surface area contributed by atoms with E-state index in [1.165, 1.54) is 13.0 Å². The molecule has 122 valence electrons. The van der Waals surface area contributed by atoms with Gasteiger partial charge in [0.05, 0.1) is 16.7 Å². The van der Waals surface area contributed by atoms with Crippen LogP contribution in [0.5, 0.6) is 5.75 Å². The van der Waals surface area contributed by atoms with Gasteiger partial charge >= 0.3 is 5.63 Å². The van der Waals surface area contributed by atoms with E-state index in [4.69, 9.17) is 4.42 Å². The monoisotopic (exact) mass is 326 g/mol. The highest BCUT2D eigenvalue weighted by Gasteiger charge is 2.13. The first-order chi connectivity index (χ1) is 11.5. The Hall–Kier alpha value is -3.42. The summed E-state index contributed by atoms with van der Waals surface area (Å²) >= 11 is 0. The molecule has 0 saturated carbocycles. The van der Waals surface area contributed by atoms with Crippen molar-refractivity contribution in [2.45, 2.75) is 13.8 Å². The Morgan fingerprint density at radius 2 is 2.08 bits per heavy atom. The van der Waals surface area contributed by atoms with Crippen LogP contribution in [0.2, 0.25) is 0 Å². The van der Waals surface area contributed by atoms with Gasteiger partial charge in [0.15, 0.2) is 0 Å². The van der Waals surface area contributed by atoms with Crippen molar-refractivity contribution < 1.29 is 9.52 Å². The number of hydrazone groups is 1. The van der Waals surface area contributed by atoms with Crippen LogP contribution in [0.3, 0.4) is 0 Å². The number of fused-ring (bicyclic) bond motifs is 1. The first-order valence-electron chi connectivity index (χ1n) is 7.09. The van der Waals surface area contributed by atoms with Crippen molar-refractivity contribution in [1.29, 1.82) is 0 Å². The number of rotatable bonds is 3. The lowest BCUT2D eigenvalue weighted by atomic mass is 10.2. The molecule has 3 N–H and O–H groups in total. The average Bonchev–Trinajstić information content (AvgIpc) is 2.51. The fourth-order valence-corrected chi connectivity index (χ4v) is 2.23. The fraction of sp³-hybridized carbons (Fsp3) is 0.125. The highest BCUT2D eigenvalue weighted by Crippen LogP contribution is 2.15. The van der Waals surface area contributed by atoms with Crippen LogP contribution < -0.4 is 16.6 Å². The number of hydrogen-bond acceptors (Lipinski definition) is 7. The van der Waals surface area contributed by atoms with Gasteiger partial charge in [0.2, 0.25) is 5.82 Å². The van der Waals surface area contributed by atoms with Gasteiger partial charge in [0, 0.05) is 6.07 Å². The number of benzene rings is 1. The highest BCUT2D eigenvalue weighted by atomic mass is 16.4. The molecule has 0 saturated heterocycles. The minimum atomic E-state index is -0.712. The van der Waals surface area contributed by atoms with E-state index in [1.807, 2.05) is 0 Å². The lowest BCUT2D eigenvalue weighted by Gasteiger charge is -2.05. The molecule has 0 bridgehead atoms. The molecule has 1 aromatic carbocycles. The predicted octanol–water partition coefficient (Wildman–Crippen LogP) is 1.73. The smallest absolute Gasteiger partial charge is 0.348 e. The Bertz CT molecular complexity index is 1070. The minimum Gasteiger partial charge on any atom is -0.507 e. The number of para-hydroxylation sites is 2. The number of nitrogens with one attached hydrogen (secondary N) is 2. The van der Waals surface area contributed by atoms with Crippen LogP contribution in [-0.2, 0) is 0 Å². The van der Waals surface area contributed by atoms with Gasteiger partial charge in [-0.1, -0.05) is 12.1 Å². The summed E-state index contributed by atoms with van der Waals surface area (Å²) in [6, 6.07) is 8.37. The highest BCUT2D eigenvalue weighted by molar-refractivity contribution is 6.00. The van der Waals surface area contributed by atoms with Crippen molar-refractivity contribution >= 4 is 22.6 Å². The maximum atomic E-state index is 12.0. The summed E-state index contributed by atoms with van der Waals surface area (Å²) in [6.45, 7) is 3.05. The number of aromatic amines is 1. The van der Waals surface area contributed by atoms with Crippen molar-refractivity contribution in [2.24, 2.45) is 5.10 Å². The number of H-pyrrole nitrogens is 1. The molecule has 0 atom stereocenters. The second-order valence-corrected chi connectivity index (χ2v) is 5.15. The van der Waals surface area contributed by atoms with Crippen LogP contribution in [-0.4, -0.2) is 20.8 Å². The van der Waals surface area contributed by atoms with Crippen molar-refractivity contribution in [3.05, 3.63) is 62.4 Å². The van der Waals surface area contributed by atoms with Crippen LogP contribution in [0.25, 0.3) is 11.0 Å². The lowest BCUT2D eigenvalue weighted by molar-refractivity contribution is 0.432. The molecule has 3 aromatic rings. The Morgan fingerprint density at radius 1 is 1.33 bits per heavy atom. The van der Waals surface area contributed by atoms with Gasteiger partial charge < -0.3 is 14.5 Å². The molecular weight excluding hydrogens is 312 g/mol. The van der Waals surface area contributed by atoms with Gasteiger partial charge in [-0.3, -0.25) is 10.2 Å². The third kappa shape index (κ3) is 2.89. The topological polar surface area (TPSA) is 121 Å². The van der Waals surface area contributed by atoms with Gasteiger partial charge in [-0.25, -0.2) is 9.78 Å². The number of aromatic nitrogens is 2. The Labute approximate surface area is 135 Å². The number of anilines is 1. The van der Waals surface area contributed by atoms with E-state index in [2.05, 4.69) is 20.5 Å². The van der Waals surface area contributed by atoms with Gasteiger partial charge in [-0.05, 0) is 26.0 Å². The average molecular weight is 326 g/mol. The zero-order chi connectivity index (χ0) is 17.3. The quantitative estimate of drug-likeness (QED) is 0.498. The second-order valence-electron chi connectivity index (χ2n) is 5.15. The van der Waals surface area contributed by atoms with E-state index in [0.29, 0.717) is 11.0 Å². The molecule has 8 nitrogen and oxygen atoms in total. The lowest BCUT2D eigenvalue weighted by Crippen LogP contribution is -2.17. The standard InChI is InChI=1S/C16H14N4O4/c1-8-7-12(21)13(16(23)24-8)9(2)19-20-14-15(22)18-11-6-4-3-5-10(11)17-14/h3-7,21H,1-2H3,(H,17,20)(H,18,22)/b19-9+. The Kier molecular flexibility index (Phi) is 3.87. The zero-order valence-corrected chi connectivity index (χ0v) is 13.0. The van der Waals surface area contributed by atoms with Gasteiger partial charge in [0.1, 0.15) is 17.1 Å². The molecule has 0 amide bonds. The second kappa shape index (κ2) is 5.99. The van der Waals surface area contributed by atoms with Crippen molar-refractivity contribution in [1.82, 2.24) is 9.97 Å². The molecule has 2 aromatic heterocycles. The normalized spacial score (nSPS) is 11.7. The van der Waals surface area contributed by atoms with Crippen molar-refractivity contribution in [3.8, 4) is 5.75 Å². The largest absolute Gasteiger partial charge is 0.507 e. The summed E-state index contributed by atoms with van der Waals surface area (Å²) in [7, 11) is 0. The first kappa shape index (κ1) is 15.5. The number of nitrogens with zero attached hydrogens (tertiary/aromatic N) is 2. The van der Waals surface area contributed by atoms with E-state index >= 15 is 0 Å². The summed E-state index contributed by atoms with van der Waals surface area (Å²) in [5, 5.41) is 13.8. The van der Waals surface area contributed by atoms with Crippen LogP contribution in [0.1, 0.15) is 18.2 Å². The molecule has 0 aliphatic rings. The van der Waals surface area contributed by atoms with Gasteiger partial charge in [0.25, 0.3) is 5.56 Å². The van der Waals surface area contributed by atoms with Gasteiger partial charge in [-0.15, -0.1) is 0 Å². The van der Waals surface area contributed by atoms with E-state index in [9.17, 15) is 14.7 Å². The van der Waals surface area contributed by atoms with E-state index in [-0.39, 0.29) is 28.6 Å².